The second-order valence-electron chi connectivity index (χ2n) is 5.26. The highest BCUT2D eigenvalue weighted by Gasteiger charge is 2.16. The lowest BCUT2D eigenvalue weighted by atomic mass is 9.99. The van der Waals surface area contributed by atoms with E-state index in [1.807, 2.05) is 30.3 Å². The fourth-order valence-electron chi connectivity index (χ4n) is 2.48. The van der Waals surface area contributed by atoms with Crippen LogP contribution in [0, 0.1) is 0 Å². The van der Waals surface area contributed by atoms with Crippen molar-refractivity contribution in [2.24, 2.45) is 0 Å². The molecule has 1 amide bonds. The van der Waals surface area contributed by atoms with Crippen molar-refractivity contribution in [1.82, 2.24) is 4.90 Å². The van der Waals surface area contributed by atoms with E-state index in [0.717, 1.165) is 17.7 Å². The Hall–Kier alpha value is -2.29. The number of nitrogens with zero attached hydrogens (tertiary/aromatic N) is 1. The van der Waals surface area contributed by atoms with E-state index in [1.54, 1.807) is 19.0 Å². The zero-order valence-corrected chi connectivity index (χ0v) is 11.7. The summed E-state index contributed by atoms with van der Waals surface area (Å²) >= 11 is 0. The van der Waals surface area contributed by atoms with Crippen LogP contribution in [0.5, 0.6) is 5.75 Å². The molecule has 20 heavy (non-hydrogen) atoms. The monoisotopic (exact) mass is 267 g/mol. The minimum atomic E-state index is 0.0188. The van der Waals surface area contributed by atoms with Crippen LogP contribution in [0.2, 0.25) is 0 Å². The van der Waals surface area contributed by atoms with Crippen LogP contribution in [0.1, 0.15) is 27.0 Å². The molecule has 0 aliphatic carbocycles. The van der Waals surface area contributed by atoms with Crippen molar-refractivity contribution in [1.29, 1.82) is 0 Å². The average molecular weight is 267 g/mol. The molecule has 3 heteroatoms. The third kappa shape index (κ3) is 2.27. The molecule has 3 nitrogen and oxygen atoms in total. The maximum atomic E-state index is 12.0. The van der Waals surface area contributed by atoms with Crippen LogP contribution in [0.15, 0.2) is 42.5 Å². The summed E-state index contributed by atoms with van der Waals surface area (Å²) in [6.45, 7) is 0.587. The van der Waals surface area contributed by atoms with Gasteiger partial charge >= 0.3 is 0 Å². The number of amides is 1. The maximum Gasteiger partial charge on any atom is 0.253 e. The molecule has 1 aliphatic rings. The molecule has 2 aromatic carbocycles. The van der Waals surface area contributed by atoms with Crippen molar-refractivity contribution in [3.63, 3.8) is 0 Å². The topological polar surface area (TPSA) is 29.5 Å². The highest BCUT2D eigenvalue weighted by atomic mass is 16.5. The first-order valence-corrected chi connectivity index (χ1v) is 6.69. The van der Waals surface area contributed by atoms with Crippen LogP contribution < -0.4 is 4.74 Å². The van der Waals surface area contributed by atoms with Crippen molar-refractivity contribution >= 4 is 5.91 Å². The maximum absolute atomic E-state index is 12.0. The van der Waals surface area contributed by atoms with Crippen LogP contribution in [0.3, 0.4) is 0 Å². The van der Waals surface area contributed by atoms with Gasteiger partial charge in [-0.3, -0.25) is 4.79 Å². The highest BCUT2D eigenvalue weighted by Crippen LogP contribution is 2.29. The van der Waals surface area contributed by atoms with Gasteiger partial charge in [0, 0.05) is 26.1 Å². The van der Waals surface area contributed by atoms with Crippen molar-refractivity contribution in [2.45, 2.75) is 13.0 Å². The Kier molecular flexibility index (Phi) is 3.18. The molecule has 1 heterocycles. The summed E-state index contributed by atoms with van der Waals surface area (Å²) in [6.07, 6.45) is 0.806. The Morgan fingerprint density at radius 3 is 2.55 bits per heavy atom. The molecular weight excluding hydrogens is 250 g/mol. The number of hydrogen-bond acceptors (Lipinski definition) is 2. The van der Waals surface area contributed by atoms with Crippen molar-refractivity contribution in [3.05, 3.63) is 64.7 Å². The van der Waals surface area contributed by atoms with Gasteiger partial charge in [0.15, 0.2) is 0 Å². The van der Waals surface area contributed by atoms with E-state index in [4.69, 9.17) is 4.74 Å². The molecule has 0 atom stereocenters. The first-order valence-electron chi connectivity index (χ1n) is 6.69. The molecule has 0 unspecified atom stereocenters. The van der Waals surface area contributed by atoms with E-state index in [0.29, 0.717) is 12.2 Å². The van der Waals surface area contributed by atoms with Crippen LogP contribution >= 0.6 is 0 Å². The summed E-state index contributed by atoms with van der Waals surface area (Å²) in [4.78, 5) is 13.6. The number of carbonyl (C=O) groups excluding carboxylic acids is 1. The Morgan fingerprint density at radius 1 is 1.05 bits per heavy atom. The van der Waals surface area contributed by atoms with E-state index in [-0.39, 0.29) is 5.91 Å². The molecule has 102 valence electrons. The molecule has 0 saturated heterocycles. The summed E-state index contributed by atoms with van der Waals surface area (Å²) in [7, 11) is 3.53. The smallest absolute Gasteiger partial charge is 0.253 e. The molecule has 2 aromatic rings. The van der Waals surface area contributed by atoms with Gasteiger partial charge in [0.05, 0.1) is 0 Å². The number of hydrogen-bond donors (Lipinski definition) is 0. The molecule has 0 fully saturated rings. The second-order valence-corrected chi connectivity index (χ2v) is 5.26. The number of benzene rings is 2. The first kappa shape index (κ1) is 12.7. The van der Waals surface area contributed by atoms with Gasteiger partial charge in [0.1, 0.15) is 12.4 Å². The van der Waals surface area contributed by atoms with Gasteiger partial charge in [-0.2, -0.15) is 0 Å². The van der Waals surface area contributed by atoms with E-state index in [9.17, 15) is 4.79 Å². The standard InChI is InChI=1S/C17H17NO2/c1-18(2)17(19)13-7-8-16-15(10-13)9-12-5-3-4-6-14(12)11-20-16/h3-8,10H,9,11H2,1-2H3. The lowest BCUT2D eigenvalue weighted by Gasteiger charge is -2.13. The Balaban J connectivity index is 2.00. The van der Waals surface area contributed by atoms with Gasteiger partial charge in [0.25, 0.3) is 5.91 Å². The molecular formula is C17H17NO2. The minimum Gasteiger partial charge on any atom is -0.489 e. The lowest BCUT2D eigenvalue weighted by molar-refractivity contribution is 0.0827. The van der Waals surface area contributed by atoms with Gasteiger partial charge in [-0.05, 0) is 34.9 Å². The molecule has 0 spiro atoms. The summed E-state index contributed by atoms with van der Waals surface area (Å²) in [5, 5.41) is 0. The molecule has 0 saturated carbocycles. The number of fused-ring (bicyclic) bond motifs is 2. The van der Waals surface area contributed by atoms with Gasteiger partial charge in [-0.1, -0.05) is 24.3 Å². The highest BCUT2D eigenvalue weighted by molar-refractivity contribution is 5.94. The van der Waals surface area contributed by atoms with Gasteiger partial charge < -0.3 is 9.64 Å². The fraction of sp³-hybridized carbons (Fsp3) is 0.235. The van der Waals surface area contributed by atoms with Gasteiger partial charge in [-0.25, -0.2) is 0 Å². The fourth-order valence-corrected chi connectivity index (χ4v) is 2.48. The van der Waals surface area contributed by atoms with Crippen LogP contribution in [-0.4, -0.2) is 24.9 Å². The van der Waals surface area contributed by atoms with E-state index in [2.05, 4.69) is 12.1 Å². The van der Waals surface area contributed by atoms with E-state index >= 15 is 0 Å². The predicted molar refractivity (Wildman–Crippen MR) is 78.0 cm³/mol. The summed E-state index contributed by atoms with van der Waals surface area (Å²) in [6, 6.07) is 14.0. The van der Waals surface area contributed by atoms with E-state index < -0.39 is 0 Å². The lowest BCUT2D eigenvalue weighted by Crippen LogP contribution is -2.21. The van der Waals surface area contributed by atoms with E-state index in [1.165, 1.54) is 11.1 Å². The molecule has 3 rings (SSSR count). The quantitative estimate of drug-likeness (QED) is 0.795. The SMILES string of the molecule is CN(C)C(=O)c1ccc2c(c1)Cc1ccccc1CO2. The first-order chi connectivity index (χ1) is 9.65. The van der Waals surface area contributed by atoms with Crippen molar-refractivity contribution < 1.29 is 9.53 Å². The third-order valence-corrected chi connectivity index (χ3v) is 3.60. The largest absolute Gasteiger partial charge is 0.489 e. The van der Waals surface area contributed by atoms with Crippen molar-refractivity contribution in [3.8, 4) is 5.75 Å². The molecule has 0 radical (unpaired) electrons. The molecule has 0 N–H and O–H groups in total. The summed E-state index contributed by atoms with van der Waals surface area (Å²) in [5.41, 5.74) is 4.25. The number of ether oxygens (including phenoxy) is 1. The second kappa shape index (κ2) is 5.00. The molecule has 0 aromatic heterocycles. The van der Waals surface area contributed by atoms with Gasteiger partial charge in [-0.15, -0.1) is 0 Å². The third-order valence-electron chi connectivity index (χ3n) is 3.60. The Labute approximate surface area is 118 Å². The molecule has 0 bridgehead atoms. The number of carbonyl (C=O) groups is 1. The van der Waals surface area contributed by atoms with Crippen LogP contribution in [0.25, 0.3) is 0 Å². The predicted octanol–water partition coefficient (Wildman–Crippen LogP) is 2.87. The average Bonchev–Trinajstić information content (AvgIpc) is 2.64. The Bertz CT molecular complexity index is 662. The van der Waals surface area contributed by atoms with Crippen LogP contribution in [0.4, 0.5) is 0 Å². The number of rotatable bonds is 1. The van der Waals surface area contributed by atoms with Gasteiger partial charge in [0.2, 0.25) is 0 Å². The Morgan fingerprint density at radius 2 is 1.80 bits per heavy atom. The van der Waals surface area contributed by atoms with Crippen molar-refractivity contribution in [2.75, 3.05) is 14.1 Å². The minimum absolute atomic E-state index is 0.0188. The zero-order valence-electron chi connectivity index (χ0n) is 11.7. The summed E-state index contributed by atoms with van der Waals surface area (Å²) in [5.74, 6) is 0.891. The normalized spacial score (nSPS) is 12.7. The molecule has 1 aliphatic heterocycles. The zero-order chi connectivity index (χ0) is 14.1. The summed E-state index contributed by atoms with van der Waals surface area (Å²) < 4.78 is 5.85. The van der Waals surface area contributed by atoms with Crippen LogP contribution in [-0.2, 0) is 13.0 Å².